The van der Waals surface area contributed by atoms with Crippen LogP contribution in [0.15, 0.2) is 17.6 Å². The molecule has 0 spiro atoms. The van der Waals surface area contributed by atoms with Crippen LogP contribution in [0.25, 0.3) is 10.2 Å². The highest BCUT2D eigenvalue weighted by Gasteiger charge is 1.96. The van der Waals surface area contributed by atoms with Crippen LogP contribution < -0.4 is 0 Å². The maximum atomic E-state index is 5.14. The summed E-state index contributed by atoms with van der Waals surface area (Å²) in [5.41, 5.74) is 0. The molecule has 0 saturated heterocycles. The van der Waals surface area contributed by atoms with Crippen molar-refractivity contribution in [2.45, 2.75) is 0 Å². The Morgan fingerprint density at radius 2 is 2.45 bits per heavy atom. The largest absolute Gasteiger partial charge is 0.229 e. The summed E-state index contributed by atoms with van der Waals surface area (Å²) in [6, 6.07) is 1.97. The van der Waals surface area contributed by atoms with Crippen LogP contribution in [-0.4, -0.2) is 9.97 Å². The van der Waals surface area contributed by atoms with Gasteiger partial charge in [0.25, 0.3) is 0 Å². The highest BCUT2D eigenvalue weighted by molar-refractivity contribution is 7.16. The molecule has 0 N–H and O–H groups in total. The van der Waals surface area contributed by atoms with E-state index < -0.39 is 0 Å². The van der Waals surface area contributed by atoms with Gasteiger partial charge in [-0.25, -0.2) is 9.97 Å². The SMILES string of the molecule is C#Cc1ncc2ccsc2n1. The van der Waals surface area contributed by atoms with Gasteiger partial charge in [-0.1, -0.05) is 0 Å². The second-order valence-electron chi connectivity index (χ2n) is 2.02. The van der Waals surface area contributed by atoms with Gasteiger partial charge >= 0.3 is 0 Å². The van der Waals surface area contributed by atoms with Gasteiger partial charge in [0.2, 0.25) is 5.82 Å². The van der Waals surface area contributed by atoms with Gasteiger partial charge < -0.3 is 0 Å². The molecule has 0 aliphatic heterocycles. The Hall–Kier alpha value is -1.40. The molecule has 11 heavy (non-hydrogen) atoms. The number of aromatic nitrogens is 2. The molecule has 52 valence electrons. The van der Waals surface area contributed by atoms with Crippen molar-refractivity contribution in [1.29, 1.82) is 0 Å². The summed E-state index contributed by atoms with van der Waals surface area (Å²) >= 11 is 1.57. The molecule has 2 aromatic heterocycles. The Morgan fingerprint density at radius 3 is 3.27 bits per heavy atom. The summed E-state index contributed by atoms with van der Waals surface area (Å²) in [4.78, 5) is 9.03. The highest BCUT2D eigenvalue weighted by atomic mass is 32.1. The second kappa shape index (κ2) is 2.33. The molecule has 0 fully saturated rings. The van der Waals surface area contributed by atoms with E-state index in [1.807, 2.05) is 11.4 Å². The van der Waals surface area contributed by atoms with Crippen LogP contribution in [0.4, 0.5) is 0 Å². The fraction of sp³-hybridized carbons (Fsp3) is 0. The molecular formula is C8H4N2S. The maximum Gasteiger partial charge on any atom is 0.205 e. The lowest BCUT2D eigenvalue weighted by Gasteiger charge is -1.87. The van der Waals surface area contributed by atoms with E-state index in [1.54, 1.807) is 17.5 Å². The molecule has 0 bridgehead atoms. The predicted octanol–water partition coefficient (Wildman–Crippen LogP) is 1.67. The molecule has 3 heteroatoms. The van der Waals surface area contributed by atoms with Crippen LogP contribution in [0.2, 0.25) is 0 Å². The zero-order chi connectivity index (χ0) is 7.68. The van der Waals surface area contributed by atoms with Crippen LogP contribution in [0.3, 0.4) is 0 Å². The first kappa shape index (κ1) is 6.32. The van der Waals surface area contributed by atoms with Crippen LogP contribution in [0.1, 0.15) is 5.82 Å². The lowest BCUT2D eigenvalue weighted by Crippen LogP contribution is -1.84. The Morgan fingerprint density at radius 1 is 1.55 bits per heavy atom. The van der Waals surface area contributed by atoms with Gasteiger partial charge in [0.1, 0.15) is 4.83 Å². The quantitative estimate of drug-likeness (QED) is 0.548. The van der Waals surface area contributed by atoms with E-state index in [1.165, 1.54) is 0 Å². The van der Waals surface area contributed by atoms with Crippen molar-refractivity contribution in [3.8, 4) is 12.3 Å². The lowest BCUT2D eigenvalue weighted by atomic mass is 10.4. The Kier molecular flexibility index (Phi) is 1.34. The monoisotopic (exact) mass is 160 g/mol. The van der Waals surface area contributed by atoms with Gasteiger partial charge in [-0.05, 0) is 17.4 Å². The second-order valence-corrected chi connectivity index (χ2v) is 2.91. The van der Waals surface area contributed by atoms with Crippen LogP contribution in [-0.2, 0) is 0 Å². The molecule has 2 heterocycles. The van der Waals surface area contributed by atoms with Crippen molar-refractivity contribution in [2.75, 3.05) is 0 Å². The smallest absolute Gasteiger partial charge is 0.205 e. The Bertz CT molecular complexity index is 425. The van der Waals surface area contributed by atoms with Gasteiger partial charge in [0.15, 0.2) is 0 Å². The van der Waals surface area contributed by atoms with Gasteiger partial charge in [-0.15, -0.1) is 17.8 Å². The van der Waals surface area contributed by atoms with Crippen molar-refractivity contribution in [2.24, 2.45) is 0 Å². The number of fused-ring (bicyclic) bond motifs is 1. The summed E-state index contributed by atoms with van der Waals surface area (Å²) in [6.45, 7) is 0. The van der Waals surface area contributed by atoms with Crippen LogP contribution in [0, 0.1) is 12.3 Å². The Labute approximate surface area is 67.9 Å². The topological polar surface area (TPSA) is 25.8 Å². The number of thiophene rings is 1. The normalized spacial score (nSPS) is 9.73. The number of terminal acetylenes is 1. The molecule has 0 atom stereocenters. The van der Waals surface area contributed by atoms with E-state index >= 15 is 0 Å². The van der Waals surface area contributed by atoms with E-state index in [4.69, 9.17) is 6.42 Å². The minimum atomic E-state index is 0.458. The average molecular weight is 160 g/mol. The first-order valence-electron chi connectivity index (χ1n) is 3.07. The van der Waals surface area contributed by atoms with Gasteiger partial charge in [0.05, 0.1) is 0 Å². The minimum absolute atomic E-state index is 0.458. The first-order valence-corrected chi connectivity index (χ1v) is 3.95. The van der Waals surface area contributed by atoms with E-state index in [-0.39, 0.29) is 0 Å². The van der Waals surface area contributed by atoms with Gasteiger partial charge in [0, 0.05) is 11.6 Å². The third-order valence-corrected chi connectivity index (χ3v) is 2.16. The van der Waals surface area contributed by atoms with Crippen molar-refractivity contribution >= 4 is 21.6 Å². The van der Waals surface area contributed by atoms with Crippen LogP contribution in [0.5, 0.6) is 0 Å². The van der Waals surface area contributed by atoms with Crippen LogP contribution >= 0.6 is 11.3 Å². The third-order valence-electron chi connectivity index (χ3n) is 1.34. The van der Waals surface area contributed by atoms with E-state index in [0.717, 1.165) is 10.2 Å². The standard InChI is InChI=1S/C8H4N2S/c1-2-7-9-5-6-3-4-11-8(6)10-7/h1,3-5H. The number of rotatable bonds is 0. The highest BCUT2D eigenvalue weighted by Crippen LogP contribution is 2.16. The van der Waals surface area contributed by atoms with Gasteiger partial charge in [-0.2, -0.15) is 0 Å². The van der Waals surface area contributed by atoms with Crippen molar-refractivity contribution < 1.29 is 0 Å². The molecule has 2 rings (SSSR count). The summed E-state index contributed by atoms with van der Waals surface area (Å²) in [6.07, 6.45) is 6.88. The molecule has 0 radical (unpaired) electrons. The van der Waals surface area contributed by atoms with Crippen molar-refractivity contribution in [3.63, 3.8) is 0 Å². The van der Waals surface area contributed by atoms with E-state index in [9.17, 15) is 0 Å². The molecular weight excluding hydrogens is 156 g/mol. The molecule has 0 saturated carbocycles. The molecule has 0 aliphatic rings. The Balaban J connectivity index is 2.79. The first-order chi connectivity index (χ1) is 5.40. The lowest BCUT2D eigenvalue weighted by molar-refractivity contribution is 1.19. The van der Waals surface area contributed by atoms with Crippen molar-refractivity contribution in [1.82, 2.24) is 9.97 Å². The third kappa shape index (κ3) is 0.975. The van der Waals surface area contributed by atoms with Crippen molar-refractivity contribution in [3.05, 3.63) is 23.5 Å². The zero-order valence-electron chi connectivity index (χ0n) is 5.61. The molecule has 0 aliphatic carbocycles. The molecule has 0 amide bonds. The minimum Gasteiger partial charge on any atom is -0.229 e. The molecule has 0 aromatic carbocycles. The maximum absolute atomic E-state index is 5.14. The van der Waals surface area contributed by atoms with E-state index in [0.29, 0.717) is 5.82 Å². The molecule has 2 aromatic rings. The summed E-state index contributed by atoms with van der Waals surface area (Å²) in [7, 11) is 0. The number of hydrogen-bond donors (Lipinski definition) is 0. The summed E-state index contributed by atoms with van der Waals surface area (Å²) < 4.78 is 0. The number of hydrogen-bond acceptors (Lipinski definition) is 3. The molecule has 2 nitrogen and oxygen atoms in total. The average Bonchev–Trinajstić information content (AvgIpc) is 2.50. The van der Waals surface area contributed by atoms with E-state index in [2.05, 4.69) is 15.9 Å². The van der Waals surface area contributed by atoms with Gasteiger partial charge in [-0.3, -0.25) is 0 Å². The summed E-state index contributed by atoms with van der Waals surface area (Å²) in [5, 5.41) is 3.02. The predicted molar refractivity (Wildman–Crippen MR) is 45.4 cm³/mol. The fourth-order valence-electron chi connectivity index (χ4n) is 0.826. The zero-order valence-corrected chi connectivity index (χ0v) is 6.43. The summed E-state index contributed by atoms with van der Waals surface area (Å²) in [5.74, 6) is 2.85. The number of nitrogens with zero attached hydrogens (tertiary/aromatic N) is 2. The fourth-order valence-corrected chi connectivity index (χ4v) is 1.57. The molecule has 0 unspecified atom stereocenters.